The summed E-state index contributed by atoms with van der Waals surface area (Å²) in [5.74, 6) is -0.325. The first kappa shape index (κ1) is 19.7. The minimum atomic E-state index is -0.469. The van der Waals surface area contributed by atoms with E-state index in [1.165, 1.54) is 17.1 Å². The van der Waals surface area contributed by atoms with Gasteiger partial charge in [0.2, 0.25) is 0 Å². The third kappa shape index (κ3) is 4.44. The molecule has 1 fully saturated rings. The van der Waals surface area contributed by atoms with Crippen LogP contribution in [0, 0.1) is 10.1 Å². The second-order valence-electron chi connectivity index (χ2n) is 6.07. The molecule has 3 rings (SSSR count). The van der Waals surface area contributed by atoms with Crippen molar-refractivity contribution in [3.8, 4) is 0 Å². The lowest BCUT2D eigenvalue weighted by molar-refractivity contribution is -0.384. The molecular weight excluding hydrogens is 396 g/mol. The molecule has 0 saturated carbocycles. The van der Waals surface area contributed by atoms with Gasteiger partial charge in [0.1, 0.15) is 0 Å². The molecule has 1 heterocycles. The van der Waals surface area contributed by atoms with Crippen molar-refractivity contribution in [2.45, 2.75) is 0 Å². The predicted molar refractivity (Wildman–Crippen MR) is 116 cm³/mol. The molecule has 0 bridgehead atoms. The van der Waals surface area contributed by atoms with Crippen LogP contribution in [-0.4, -0.2) is 40.5 Å². The third-order valence-corrected chi connectivity index (χ3v) is 5.19. The van der Waals surface area contributed by atoms with Gasteiger partial charge in [-0.1, -0.05) is 23.9 Å². The number of thioether (sulfide) groups is 1. The van der Waals surface area contributed by atoms with Crippen molar-refractivity contribution in [1.82, 2.24) is 5.01 Å². The molecule has 1 aliphatic rings. The van der Waals surface area contributed by atoms with Gasteiger partial charge in [0.05, 0.1) is 16.0 Å². The first-order valence-electron chi connectivity index (χ1n) is 8.19. The lowest BCUT2D eigenvalue weighted by Crippen LogP contribution is -2.22. The largest absolute Gasteiger partial charge is 0.378 e. The maximum atomic E-state index is 12.6. The Morgan fingerprint density at radius 2 is 1.71 bits per heavy atom. The van der Waals surface area contributed by atoms with Gasteiger partial charge in [-0.2, -0.15) is 10.1 Å². The fourth-order valence-corrected chi connectivity index (χ4v) is 3.56. The molecule has 0 spiro atoms. The molecule has 0 atom stereocenters. The second kappa shape index (κ2) is 8.32. The molecule has 7 nitrogen and oxygen atoms in total. The maximum Gasteiger partial charge on any atom is 0.286 e. The molecule has 0 radical (unpaired) electrons. The normalized spacial score (nSPS) is 15.6. The predicted octanol–water partition coefficient (Wildman–Crippen LogP) is 3.90. The lowest BCUT2D eigenvalue weighted by Gasteiger charge is -2.12. The van der Waals surface area contributed by atoms with Crippen molar-refractivity contribution >= 4 is 57.9 Å². The Bertz CT molecular complexity index is 983. The SMILES string of the molecule is CN(C)c1ccc(C=NN2C(=O)C(=Cc3ccc([N+](=O)[O-])cc3)SC2=S)cc1. The summed E-state index contributed by atoms with van der Waals surface area (Å²) in [5.41, 5.74) is 2.58. The summed E-state index contributed by atoms with van der Waals surface area (Å²) in [6.07, 6.45) is 3.23. The van der Waals surface area contributed by atoms with Crippen LogP contribution in [0.15, 0.2) is 58.5 Å². The molecule has 28 heavy (non-hydrogen) atoms. The number of nitro groups is 1. The number of nitrogens with zero attached hydrogens (tertiary/aromatic N) is 4. The van der Waals surface area contributed by atoms with Gasteiger partial charge in [0.15, 0.2) is 4.32 Å². The van der Waals surface area contributed by atoms with Gasteiger partial charge < -0.3 is 4.90 Å². The summed E-state index contributed by atoms with van der Waals surface area (Å²) in [6.45, 7) is 0. The van der Waals surface area contributed by atoms with Crippen LogP contribution in [0.2, 0.25) is 0 Å². The van der Waals surface area contributed by atoms with Crippen LogP contribution in [0.3, 0.4) is 0 Å². The summed E-state index contributed by atoms with van der Waals surface area (Å²) in [5, 5.41) is 16.1. The Morgan fingerprint density at radius 1 is 1.11 bits per heavy atom. The number of thiocarbonyl (C=S) groups is 1. The highest BCUT2D eigenvalue weighted by atomic mass is 32.2. The maximum absolute atomic E-state index is 12.6. The van der Waals surface area contributed by atoms with Crippen molar-refractivity contribution in [3.63, 3.8) is 0 Å². The van der Waals surface area contributed by atoms with Crippen molar-refractivity contribution < 1.29 is 9.72 Å². The van der Waals surface area contributed by atoms with Crippen LogP contribution >= 0.6 is 24.0 Å². The molecular formula is C19H16N4O3S2. The Morgan fingerprint density at radius 3 is 2.29 bits per heavy atom. The fourth-order valence-electron chi connectivity index (χ4n) is 2.39. The van der Waals surface area contributed by atoms with Gasteiger partial charge >= 0.3 is 0 Å². The Kier molecular flexibility index (Phi) is 5.86. The Labute approximate surface area is 171 Å². The molecule has 1 aliphatic heterocycles. The zero-order chi connectivity index (χ0) is 20.3. The number of rotatable bonds is 5. The van der Waals surface area contributed by atoms with Crippen molar-refractivity contribution in [2.24, 2.45) is 5.10 Å². The van der Waals surface area contributed by atoms with E-state index in [1.807, 2.05) is 43.3 Å². The number of amides is 1. The summed E-state index contributed by atoms with van der Waals surface area (Å²) in [7, 11) is 3.92. The molecule has 2 aromatic rings. The average molecular weight is 412 g/mol. The van der Waals surface area contributed by atoms with E-state index in [9.17, 15) is 14.9 Å². The quantitative estimate of drug-likeness (QED) is 0.244. The summed E-state index contributed by atoms with van der Waals surface area (Å²) in [6, 6.07) is 13.7. The highest BCUT2D eigenvalue weighted by Gasteiger charge is 2.32. The molecule has 9 heteroatoms. The first-order chi connectivity index (χ1) is 13.3. The van der Waals surface area contributed by atoms with E-state index in [0.29, 0.717) is 14.8 Å². The van der Waals surface area contributed by atoms with E-state index < -0.39 is 4.92 Å². The minimum Gasteiger partial charge on any atom is -0.378 e. The molecule has 2 aromatic carbocycles. The Hall–Kier alpha value is -3.04. The van der Waals surface area contributed by atoms with Crippen molar-refractivity contribution in [3.05, 3.63) is 74.7 Å². The van der Waals surface area contributed by atoms with Gasteiger partial charge in [0.25, 0.3) is 11.6 Å². The number of hydrogen-bond donors (Lipinski definition) is 0. The van der Waals surface area contributed by atoms with E-state index in [2.05, 4.69) is 5.10 Å². The van der Waals surface area contributed by atoms with Gasteiger partial charge in [0, 0.05) is 31.9 Å². The van der Waals surface area contributed by atoms with Crippen molar-refractivity contribution in [1.29, 1.82) is 0 Å². The van der Waals surface area contributed by atoms with Crippen LogP contribution in [0.5, 0.6) is 0 Å². The smallest absolute Gasteiger partial charge is 0.286 e. The van der Waals surface area contributed by atoms with E-state index in [0.717, 1.165) is 23.0 Å². The van der Waals surface area contributed by atoms with Crippen LogP contribution in [-0.2, 0) is 4.79 Å². The number of carbonyl (C=O) groups is 1. The van der Waals surface area contributed by atoms with Crippen LogP contribution in [0.1, 0.15) is 11.1 Å². The number of benzene rings is 2. The monoisotopic (exact) mass is 412 g/mol. The Balaban J connectivity index is 1.74. The van der Waals surface area contributed by atoms with Crippen molar-refractivity contribution in [2.75, 3.05) is 19.0 Å². The molecule has 0 aliphatic carbocycles. The standard InChI is InChI=1S/C19H16N4O3S2/c1-21(2)15-7-5-14(6-8-15)12-20-22-18(24)17(28-19(22)27)11-13-3-9-16(10-4-13)23(25)26/h3-12H,1-2H3. The summed E-state index contributed by atoms with van der Waals surface area (Å²) < 4.78 is 0.333. The van der Waals surface area contributed by atoms with E-state index in [4.69, 9.17) is 12.2 Å². The minimum absolute atomic E-state index is 0.00501. The molecule has 142 valence electrons. The second-order valence-corrected chi connectivity index (χ2v) is 7.75. The topological polar surface area (TPSA) is 79.0 Å². The zero-order valence-corrected chi connectivity index (χ0v) is 16.7. The van der Waals surface area contributed by atoms with Crippen LogP contribution in [0.25, 0.3) is 6.08 Å². The number of anilines is 1. The highest BCUT2D eigenvalue weighted by Crippen LogP contribution is 2.33. The third-order valence-electron chi connectivity index (χ3n) is 3.91. The fraction of sp³-hybridized carbons (Fsp3) is 0.105. The molecule has 1 saturated heterocycles. The van der Waals surface area contributed by atoms with Gasteiger partial charge in [-0.15, -0.1) is 0 Å². The van der Waals surface area contributed by atoms with Crippen LogP contribution < -0.4 is 4.90 Å². The van der Waals surface area contributed by atoms with E-state index in [1.54, 1.807) is 24.4 Å². The van der Waals surface area contributed by atoms with Gasteiger partial charge in [-0.05, 0) is 53.7 Å². The first-order valence-corrected chi connectivity index (χ1v) is 9.41. The summed E-state index contributed by atoms with van der Waals surface area (Å²) in [4.78, 5) is 25.2. The number of non-ortho nitro benzene ring substituents is 1. The summed E-state index contributed by atoms with van der Waals surface area (Å²) >= 11 is 6.40. The van der Waals surface area contributed by atoms with Gasteiger partial charge in [-0.25, -0.2) is 0 Å². The van der Waals surface area contributed by atoms with Gasteiger partial charge in [-0.3, -0.25) is 14.9 Å². The van der Waals surface area contributed by atoms with Crippen LogP contribution in [0.4, 0.5) is 11.4 Å². The number of hydrazone groups is 1. The molecule has 1 amide bonds. The zero-order valence-electron chi connectivity index (χ0n) is 15.1. The number of hydrogen-bond acceptors (Lipinski definition) is 7. The highest BCUT2D eigenvalue weighted by molar-refractivity contribution is 8.26. The van der Waals surface area contributed by atoms with E-state index >= 15 is 0 Å². The molecule has 0 aromatic heterocycles. The average Bonchev–Trinajstić information content (AvgIpc) is 2.94. The number of carbonyl (C=O) groups excluding carboxylic acids is 1. The number of nitro benzene ring substituents is 1. The lowest BCUT2D eigenvalue weighted by atomic mass is 10.2. The van der Waals surface area contributed by atoms with E-state index in [-0.39, 0.29) is 11.6 Å². The molecule has 0 unspecified atom stereocenters. The molecule has 0 N–H and O–H groups in total.